The molecule has 0 atom stereocenters. The predicted molar refractivity (Wildman–Crippen MR) is 40.4 cm³/mol. The van der Waals surface area contributed by atoms with Gasteiger partial charge in [0.1, 0.15) is 0 Å². The SMILES string of the molecule is C1=CCCCNCC=C1. The Morgan fingerprint density at radius 1 is 1.11 bits per heavy atom. The summed E-state index contributed by atoms with van der Waals surface area (Å²) in [7, 11) is 0. The van der Waals surface area contributed by atoms with E-state index in [9.17, 15) is 0 Å². The molecule has 1 heterocycles. The van der Waals surface area contributed by atoms with Crippen LogP contribution in [0, 0.1) is 0 Å². The number of hydrogen-bond acceptors (Lipinski definition) is 1. The van der Waals surface area contributed by atoms with Crippen molar-refractivity contribution in [2.45, 2.75) is 12.8 Å². The normalized spacial score (nSPS) is 20.4. The number of allylic oxidation sites excluding steroid dienone is 3. The Hall–Kier alpha value is -0.560. The monoisotopic (exact) mass is 123 g/mol. The van der Waals surface area contributed by atoms with E-state index in [0.29, 0.717) is 0 Å². The van der Waals surface area contributed by atoms with Gasteiger partial charge in [-0.15, -0.1) is 0 Å². The zero-order valence-corrected chi connectivity index (χ0v) is 5.64. The van der Waals surface area contributed by atoms with E-state index in [1.165, 1.54) is 12.8 Å². The van der Waals surface area contributed by atoms with E-state index in [2.05, 4.69) is 29.6 Å². The molecule has 9 heavy (non-hydrogen) atoms. The van der Waals surface area contributed by atoms with Gasteiger partial charge in [0.25, 0.3) is 0 Å². The van der Waals surface area contributed by atoms with Crippen LogP contribution in [0.2, 0.25) is 0 Å². The van der Waals surface area contributed by atoms with Crippen molar-refractivity contribution < 1.29 is 0 Å². The van der Waals surface area contributed by atoms with Crippen molar-refractivity contribution in [3.8, 4) is 0 Å². The lowest BCUT2D eigenvalue weighted by Crippen LogP contribution is -2.14. The van der Waals surface area contributed by atoms with E-state index in [4.69, 9.17) is 0 Å². The van der Waals surface area contributed by atoms with Crippen LogP contribution in [0.1, 0.15) is 12.8 Å². The Labute approximate surface area is 56.5 Å². The number of hydrogen-bond donors (Lipinski definition) is 1. The van der Waals surface area contributed by atoms with Crippen LogP contribution in [0.4, 0.5) is 0 Å². The third-order valence-corrected chi connectivity index (χ3v) is 1.37. The Bertz CT molecular complexity index is 99.7. The van der Waals surface area contributed by atoms with Crippen LogP contribution in [0.25, 0.3) is 0 Å². The smallest absolute Gasteiger partial charge is 0.0137 e. The third kappa shape index (κ3) is 3.09. The molecule has 0 spiro atoms. The summed E-state index contributed by atoms with van der Waals surface area (Å²) in [6.45, 7) is 2.17. The van der Waals surface area contributed by atoms with Crippen LogP contribution < -0.4 is 5.32 Å². The highest BCUT2D eigenvalue weighted by Gasteiger charge is 1.84. The zero-order valence-electron chi connectivity index (χ0n) is 5.64. The molecule has 0 unspecified atom stereocenters. The van der Waals surface area contributed by atoms with Gasteiger partial charge >= 0.3 is 0 Å². The lowest BCUT2D eigenvalue weighted by molar-refractivity contribution is 0.703. The molecule has 0 saturated heterocycles. The average molecular weight is 123 g/mol. The van der Waals surface area contributed by atoms with E-state index < -0.39 is 0 Å². The van der Waals surface area contributed by atoms with Crippen molar-refractivity contribution in [2.75, 3.05) is 13.1 Å². The Kier molecular flexibility index (Phi) is 3.16. The molecule has 1 nitrogen and oxygen atoms in total. The minimum atomic E-state index is 1.02. The van der Waals surface area contributed by atoms with Crippen LogP contribution in [-0.4, -0.2) is 13.1 Å². The molecular formula is C8H13N. The molecular weight excluding hydrogens is 110 g/mol. The van der Waals surface area contributed by atoms with Gasteiger partial charge in [-0.3, -0.25) is 0 Å². The molecule has 1 heteroatoms. The van der Waals surface area contributed by atoms with Gasteiger partial charge in [0.2, 0.25) is 0 Å². The van der Waals surface area contributed by atoms with E-state index in [1.54, 1.807) is 0 Å². The van der Waals surface area contributed by atoms with Crippen molar-refractivity contribution in [1.29, 1.82) is 0 Å². The summed E-state index contributed by atoms with van der Waals surface area (Å²) in [4.78, 5) is 0. The van der Waals surface area contributed by atoms with Gasteiger partial charge in [-0.25, -0.2) is 0 Å². The molecule has 0 aliphatic carbocycles. The van der Waals surface area contributed by atoms with Crippen LogP contribution in [0.5, 0.6) is 0 Å². The maximum Gasteiger partial charge on any atom is 0.0137 e. The summed E-state index contributed by atoms with van der Waals surface area (Å²) in [5, 5.41) is 3.30. The van der Waals surface area contributed by atoms with Crippen LogP contribution in [0.15, 0.2) is 24.3 Å². The summed E-state index contributed by atoms with van der Waals surface area (Å²) in [6, 6.07) is 0. The topological polar surface area (TPSA) is 12.0 Å². The molecule has 1 rings (SSSR count). The van der Waals surface area contributed by atoms with Crippen molar-refractivity contribution in [1.82, 2.24) is 5.32 Å². The fourth-order valence-electron chi connectivity index (χ4n) is 0.852. The van der Waals surface area contributed by atoms with Gasteiger partial charge in [-0.05, 0) is 19.4 Å². The summed E-state index contributed by atoms with van der Waals surface area (Å²) in [5.41, 5.74) is 0. The van der Waals surface area contributed by atoms with E-state index >= 15 is 0 Å². The number of nitrogens with one attached hydrogen (secondary N) is 1. The van der Waals surface area contributed by atoms with Gasteiger partial charge in [0.05, 0.1) is 0 Å². The van der Waals surface area contributed by atoms with E-state index in [1.807, 2.05) is 0 Å². The molecule has 1 aliphatic rings. The fraction of sp³-hybridized carbons (Fsp3) is 0.500. The first-order chi connectivity index (χ1) is 4.50. The average Bonchev–Trinajstić information content (AvgIpc) is 2.00. The first kappa shape index (κ1) is 6.56. The fourth-order valence-corrected chi connectivity index (χ4v) is 0.852. The molecule has 0 saturated carbocycles. The second-order valence-corrected chi connectivity index (χ2v) is 2.20. The third-order valence-electron chi connectivity index (χ3n) is 1.37. The first-order valence-electron chi connectivity index (χ1n) is 3.52. The highest BCUT2D eigenvalue weighted by molar-refractivity contribution is 5.03. The maximum absolute atomic E-state index is 3.30. The lowest BCUT2D eigenvalue weighted by atomic mass is 10.3. The standard InChI is InChI=1S/C8H13N/c1-2-4-6-8-9-7-5-3-1/h1-3,5,9H,4,6-8H2. The first-order valence-corrected chi connectivity index (χ1v) is 3.52. The Morgan fingerprint density at radius 2 is 2.00 bits per heavy atom. The maximum atomic E-state index is 3.30. The van der Waals surface area contributed by atoms with Gasteiger partial charge in [0, 0.05) is 6.54 Å². The largest absolute Gasteiger partial charge is 0.313 e. The van der Waals surface area contributed by atoms with Crippen molar-refractivity contribution in [2.24, 2.45) is 0 Å². The second kappa shape index (κ2) is 4.33. The molecule has 0 fully saturated rings. The van der Waals surface area contributed by atoms with Crippen LogP contribution in [-0.2, 0) is 0 Å². The van der Waals surface area contributed by atoms with Crippen LogP contribution >= 0.6 is 0 Å². The Balaban J connectivity index is 2.28. The van der Waals surface area contributed by atoms with Crippen molar-refractivity contribution >= 4 is 0 Å². The molecule has 0 bridgehead atoms. The minimum absolute atomic E-state index is 1.02. The molecule has 0 radical (unpaired) electrons. The molecule has 50 valence electrons. The van der Waals surface area contributed by atoms with E-state index in [-0.39, 0.29) is 0 Å². The summed E-state index contributed by atoms with van der Waals surface area (Å²) in [6.07, 6.45) is 11.0. The predicted octanol–water partition coefficient (Wildman–Crippen LogP) is 1.48. The van der Waals surface area contributed by atoms with Gasteiger partial charge < -0.3 is 5.32 Å². The lowest BCUT2D eigenvalue weighted by Gasteiger charge is -1.95. The van der Waals surface area contributed by atoms with Gasteiger partial charge in [0.15, 0.2) is 0 Å². The van der Waals surface area contributed by atoms with E-state index in [0.717, 1.165) is 13.1 Å². The molecule has 0 amide bonds. The highest BCUT2D eigenvalue weighted by Crippen LogP contribution is 1.91. The van der Waals surface area contributed by atoms with Crippen molar-refractivity contribution in [3.05, 3.63) is 24.3 Å². The van der Waals surface area contributed by atoms with Gasteiger partial charge in [-0.2, -0.15) is 0 Å². The van der Waals surface area contributed by atoms with Crippen molar-refractivity contribution in [3.63, 3.8) is 0 Å². The Morgan fingerprint density at radius 3 is 3.00 bits per heavy atom. The zero-order chi connectivity index (χ0) is 6.36. The molecule has 1 N–H and O–H groups in total. The quantitative estimate of drug-likeness (QED) is 0.514. The second-order valence-electron chi connectivity index (χ2n) is 2.20. The summed E-state index contributed by atoms with van der Waals surface area (Å²) >= 11 is 0. The molecule has 1 aliphatic heterocycles. The van der Waals surface area contributed by atoms with Gasteiger partial charge in [-0.1, -0.05) is 24.3 Å². The molecule has 0 aromatic rings. The van der Waals surface area contributed by atoms with Crippen LogP contribution in [0.3, 0.4) is 0 Å². The minimum Gasteiger partial charge on any atom is -0.313 e. The number of rotatable bonds is 0. The molecule has 0 aromatic carbocycles. The molecule has 0 aromatic heterocycles. The summed E-state index contributed by atoms with van der Waals surface area (Å²) < 4.78 is 0. The summed E-state index contributed by atoms with van der Waals surface area (Å²) in [5.74, 6) is 0. The highest BCUT2D eigenvalue weighted by atomic mass is 14.8.